The second-order valence-electron chi connectivity index (χ2n) is 5.91. The maximum atomic E-state index is 12.5. The number of hydrogen-bond donors (Lipinski definition) is 1. The molecule has 0 atom stereocenters. The molecule has 0 spiro atoms. The van der Waals surface area contributed by atoms with Gasteiger partial charge in [0.05, 0.1) is 14.2 Å². The Morgan fingerprint density at radius 1 is 1.04 bits per heavy atom. The molecule has 3 rings (SSSR count). The summed E-state index contributed by atoms with van der Waals surface area (Å²) in [4.78, 5) is 12.5. The number of carbonyl (C=O) groups is 1. The zero-order chi connectivity index (χ0) is 19.2. The Bertz CT molecular complexity index is 897. The highest BCUT2D eigenvalue weighted by Crippen LogP contribution is 2.28. The maximum absolute atomic E-state index is 12.5. The lowest BCUT2D eigenvalue weighted by Crippen LogP contribution is -2.26. The van der Waals surface area contributed by atoms with Crippen LogP contribution in [0.2, 0.25) is 0 Å². The van der Waals surface area contributed by atoms with E-state index in [9.17, 15) is 4.79 Å². The van der Waals surface area contributed by atoms with E-state index in [0.717, 1.165) is 11.1 Å². The van der Waals surface area contributed by atoms with Crippen molar-refractivity contribution in [1.82, 2.24) is 15.5 Å². The van der Waals surface area contributed by atoms with Crippen molar-refractivity contribution in [2.75, 3.05) is 20.8 Å². The van der Waals surface area contributed by atoms with Crippen molar-refractivity contribution in [3.05, 3.63) is 59.5 Å². The van der Waals surface area contributed by atoms with Gasteiger partial charge in [-0.1, -0.05) is 23.8 Å². The van der Waals surface area contributed by atoms with Gasteiger partial charge in [-0.15, -0.1) is 10.2 Å². The Balaban J connectivity index is 1.62. The predicted molar refractivity (Wildman–Crippen MR) is 100 cm³/mol. The standard InChI is InChI=1S/C20H21N3O4/c1-13-7-9-14(10-8-13)20-23-22-17(27-20)11-12-21-19(24)18-15(25-2)5-4-6-16(18)26-3/h4-10H,11-12H2,1-3H3,(H,21,24). The van der Waals surface area contributed by atoms with Crippen LogP contribution in [0.15, 0.2) is 46.9 Å². The van der Waals surface area contributed by atoms with Gasteiger partial charge in [0.15, 0.2) is 0 Å². The zero-order valence-corrected chi connectivity index (χ0v) is 15.5. The molecule has 1 heterocycles. The van der Waals surface area contributed by atoms with Gasteiger partial charge in [0, 0.05) is 18.5 Å². The Morgan fingerprint density at radius 3 is 2.33 bits per heavy atom. The molecule has 7 nitrogen and oxygen atoms in total. The maximum Gasteiger partial charge on any atom is 0.258 e. The minimum absolute atomic E-state index is 0.289. The summed E-state index contributed by atoms with van der Waals surface area (Å²) in [6, 6.07) is 13.0. The highest BCUT2D eigenvalue weighted by atomic mass is 16.5. The van der Waals surface area contributed by atoms with Crippen LogP contribution in [0.3, 0.4) is 0 Å². The van der Waals surface area contributed by atoms with Crippen LogP contribution in [0, 0.1) is 6.92 Å². The summed E-state index contributed by atoms with van der Waals surface area (Å²) in [5.74, 6) is 1.53. The summed E-state index contributed by atoms with van der Waals surface area (Å²) in [5, 5.41) is 10.9. The third-order valence-corrected chi connectivity index (χ3v) is 4.04. The van der Waals surface area contributed by atoms with Crippen LogP contribution in [0.1, 0.15) is 21.8 Å². The average Bonchev–Trinajstić information content (AvgIpc) is 3.16. The lowest BCUT2D eigenvalue weighted by atomic mass is 10.1. The van der Waals surface area contributed by atoms with Gasteiger partial charge in [-0.25, -0.2) is 0 Å². The number of aromatic nitrogens is 2. The molecule has 0 aliphatic rings. The van der Waals surface area contributed by atoms with E-state index in [0.29, 0.717) is 41.8 Å². The molecule has 2 aromatic carbocycles. The first-order valence-corrected chi connectivity index (χ1v) is 8.51. The fourth-order valence-corrected chi connectivity index (χ4v) is 2.61. The predicted octanol–water partition coefficient (Wildman–Crippen LogP) is 3.03. The van der Waals surface area contributed by atoms with Crippen LogP contribution in [-0.2, 0) is 6.42 Å². The quantitative estimate of drug-likeness (QED) is 0.691. The van der Waals surface area contributed by atoms with Crippen molar-refractivity contribution in [3.8, 4) is 23.0 Å². The normalized spacial score (nSPS) is 10.5. The van der Waals surface area contributed by atoms with Crippen LogP contribution in [-0.4, -0.2) is 36.9 Å². The molecule has 3 aromatic rings. The van der Waals surface area contributed by atoms with E-state index in [1.54, 1.807) is 18.2 Å². The van der Waals surface area contributed by atoms with E-state index < -0.39 is 0 Å². The summed E-state index contributed by atoms with van der Waals surface area (Å²) in [7, 11) is 3.02. The van der Waals surface area contributed by atoms with Crippen molar-refractivity contribution in [2.45, 2.75) is 13.3 Å². The smallest absolute Gasteiger partial charge is 0.258 e. The first kappa shape index (κ1) is 18.4. The summed E-state index contributed by atoms with van der Waals surface area (Å²) in [5.41, 5.74) is 2.38. The molecule has 140 valence electrons. The first-order chi connectivity index (χ1) is 13.1. The number of hydrogen-bond acceptors (Lipinski definition) is 6. The number of nitrogens with one attached hydrogen (secondary N) is 1. The molecule has 0 fully saturated rings. The van der Waals surface area contributed by atoms with Crippen LogP contribution < -0.4 is 14.8 Å². The number of carbonyl (C=O) groups excluding carboxylic acids is 1. The number of methoxy groups -OCH3 is 2. The molecular weight excluding hydrogens is 346 g/mol. The van der Waals surface area contributed by atoms with E-state index in [1.807, 2.05) is 31.2 Å². The van der Waals surface area contributed by atoms with Gasteiger partial charge in [0.2, 0.25) is 11.8 Å². The van der Waals surface area contributed by atoms with Gasteiger partial charge in [0.25, 0.3) is 5.91 Å². The SMILES string of the molecule is COc1cccc(OC)c1C(=O)NCCc1nnc(-c2ccc(C)cc2)o1. The molecule has 0 saturated carbocycles. The Kier molecular flexibility index (Phi) is 5.71. The zero-order valence-electron chi connectivity index (χ0n) is 15.5. The summed E-state index contributed by atoms with van der Waals surface area (Å²) < 4.78 is 16.2. The minimum Gasteiger partial charge on any atom is -0.496 e. The largest absolute Gasteiger partial charge is 0.496 e. The van der Waals surface area contributed by atoms with Gasteiger partial charge in [-0.05, 0) is 31.2 Å². The summed E-state index contributed by atoms with van der Waals surface area (Å²) in [6.07, 6.45) is 0.419. The molecule has 7 heteroatoms. The number of benzene rings is 2. The lowest BCUT2D eigenvalue weighted by Gasteiger charge is -2.12. The van der Waals surface area contributed by atoms with E-state index >= 15 is 0 Å². The van der Waals surface area contributed by atoms with Gasteiger partial charge in [0.1, 0.15) is 17.1 Å². The molecule has 1 amide bonds. The molecule has 27 heavy (non-hydrogen) atoms. The molecule has 1 aromatic heterocycles. The van der Waals surface area contributed by atoms with Gasteiger partial charge in [-0.2, -0.15) is 0 Å². The van der Waals surface area contributed by atoms with Crippen LogP contribution in [0.5, 0.6) is 11.5 Å². The second-order valence-corrected chi connectivity index (χ2v) is 5.91. The number of aryl methyl sites for hydroxylation is 1. The third-order valence-electron chi connectivity index (χ3n) is 4.04. The summed E-state index contributed by atoms with van der Waals surface area (Å²) in [6.45, 7) is 2.36. The first-order valence-electron chi connectivity index (χ1n) is 8.51. The fraction of sp³-hybridized carbons (Fsp3) is 0.250. The minimum atomic E-state index is -0.289. The summed E-state index contributed by atoms with van der Waals surface area (Å²) >= 11 is 0. The third kappa shape index (κ3) is 4.25. The number of amides is 1. The molecule has 0 radical (unpaired) electrons. The van der Waals surface area contributed by atoms with Crippen molar-refractivity contribution in [3.63, 3.8) is 0 Å². The Morgan fingerprint density at radius 2 is 1.70 bits per heavy atom. The van der Waals surface area contributed by atoms with Crippen molar-refractivity contribution in [1.29, 1.82) is 0 Å². The monoisotopic (exact) mass is 367 g/mol. The molecule has 0 bridgehead atoms. The molecular formula is C20H21N3O4. The van der Waals surface area contributed by atoms with E-state index in [4.69, 9.17) is 13.9 Å². The highest BCUT2D eigenvalue weighted by molar-refractivity contribution is 5.99. The Hall–Kier alpha value is -3.35. The fourth-order valence-electron chi connectivity index (χ4n) is 2.61. The van der Waals surface area contributed by atoms with Crippen molar-refractivity contribution < 1.29 is 18.7 Å². The van der Waals surface area contributed by atoms with Gasteiger partial charge >= 0.3 is 0 Å². The topological polar surface area (TPSA) is 86.5 Å². The molecule has 0 saturated heterocycles. The highest BCUT2D eigenvalue weighted by Gasteiger charge is 2.18. The van der Waals surface area contributed by atoms with Crippen molar-refractivity contribution >= 4 is 5.91 Å². The molecule has 1 N–H and O–H groups in total. The Labute approximate surface area is 157 Å². The molecule has 0 aliphatic carbocycles. The lowest BCUT2D eigenvalue weighted by molar-refractivity contribution is 0.0947. The van der Waals surface area contributed by atoms with E-state index in [1.165, 1.54) is 14.2 Å². The van der Waals surface area contributed by atoms with Gasteiger partial charge in [-0.3, -0.25) is 4.79 Å². The van der Waals surface area contributed by atoms with Crippen LogP contribution in [0.4, 0.5) is 0 Å². The number of ether oxygens (including phenoxy) is 2. The van der Waals surface area contributed by atoms with Crippen LogP contribution in [0.25, 0.3) is 11.5 Å². The van der Waals surface area contributed by atoms with Crippen LogP contribution >= 0.6 is 0 Å². The molecule has 0 aliphatic heterocycles. The second kappa shape index (κ2) is 8.35. The average molecular weight is 367 g/mol. The molecule has 0 unspecified atom stereocenters. The van der Waals surface area contributed by atoms with Crippen molar-refractivity contribution in [2.24, 2.45) is 0 Å². The number of nitrogens with zero attached hydrogens (tertiary/aromatic N) is 2. The van der Waals surface area contributed by atoms with E-state index in [2.05, 4.69) is 15.5 Å². The van der Waals surface area contributed by atoms with E-state index in [-0.39, 0.29) is 5.91 Å². The van der Waals surface area contributed by atoms with Gasteiger partial charge < -0.3 is 19.2 Å². The number of rotatable bonds is 7.